The molecule has 18 heavy (non-hydrogen) atoms. The van der Waals surface area contributed by atoms with Crippen LogP contribution in [-0.2, 0) is 14.4 Å². The molecule has 0 unspecified atom stereocenters. The average molecular weight is 270 g/mol. The molecule has 0 spiro atoms. The molecule has 6 nitrogen and oxygen atoms in total. The molecular formula is C9H13F3N2O4. The summed E-state index contributed by atoms with van der Waals surface area (Å²) in [5.41, 5.74) is 0. The highest BCUT2D eigenvalue weighted by Gasteiger charge is 2.40. The number of amides is 2. The normalized spacial score (nSPS) is 12.7. The van der Waals surface area contributed by atoms with E-state index >= 15 is 0 Å². The van der Waals surface area contributed by atoms with E-state index in [1.807, 2.05) is 0 Å². The van der Waals surface area contributed by atoms with Crippen LogP contribution in [0.3, 0.4) is 0 Å². The number of alkyl halides is 3. The van der Waals surface area contributed by atoms with E-state index in [0.717, 1.165) is 0 Å². The molecule has 1 atom stereocenters. The van der Waals surface area contributed by atoms with Crippen molar-refractivity contribution in [2.24, 2.45) is 0 Å². The van der Waals surface area contributed by atoms with Crippen molar-refractivity contribution < 1.29 is 32.7 Å². The van der Waals surface area contributed by atoms with Crippen LogP contribution >= 0.6 is 0 Å². The summed E-state index contributed by atoms with van der Waals surface area (Å²) in [4.78, 5) is 32.2. The van der Waals surface area contributed by atoms with E-state index in [9.17, 15) is 27.6 Å². The van der Waals surface area contributed by atoms with Crippen LogP contribution in [-0.4, -0.2) is 41.7 Å². The van der Waals surface area contributed by atoms with Gasteiger partial charge in [0.15, 0.2) is 0 Å². The average Bonchev–Trinajstić information content (AvgIpc) is 2.22. The van der Waals surface area contributed by atoms with Gasteiger partial charge in [0.1, 0.15) is 6.04 Å². The van der Waals surface area contributed by atoms with Gasteiger partial charge < -0.3 is 15.7 Å². The number of halogens is 3. The lowest BCUT2D eigenvalue weighted by Gasteiger charge is -2.15. The standard InChI is InChI=1S/C9H13F3N2O4/c1-2-13-6(15)4-3-5(7(16)17)14-8(18)9(10,11)12/h5H,2-4H2,1H3,(H,13,15)(H,14,18)(H,16,17)/t5-/m0/s1. The second-order valence-electron chi connectivity index (χ2n) is 3.35. The minimum atomic E-state index is -5.15. The number of carboxylic acids is 1. The van der Waals surface area contributed by atoms with Gasteiger partial charge in [-0.15, -0.1) is 0 Å². The highest BCUT2D eigenvalue weighted by molar-refractivity contribution is 5.87. The number of rotatable bonds is 6. The van der Waals surface area contributed by atoms with Gasteiger partial charge in [-0.25, -0.2) is 4.79 Å². The minimum absolute atomic E-state index is 0.289. The van der Waals surface area contributed by atoms with Gasteiger partial charge in [0, 0.05) is 13.0 Å². The molecule has 0 rings (SSSR count). The van der Waals surface area contributed by atoms with Crippen molar-refractivity contribution >= 4 is 17.8 Å². The van der Waals surface area contributed by atoms with E-state index in [2.05, 4.69) is 5.32 Å². The van der Waals surface area contributed by atoms with Crippen molar-refractivity contribution in [2.75, 3.05) is 6.54 Å². The van der Waals surface area contributed by atoms with E-state index in [1.54, 1.807) is 6.92 Å². The van der Waals surface area contributed by atoms with Crippen molar-refractivity contribution in [3.05, 3.63) is 0 Å². The van der Waals surface area contributed by atoms with Crippen molar-refractivity contribution in [1.82, 2.24) is 10.6 Å². The van der Waals surface area contributed by atoms with E-state index in [0.29, 0.717) is 6.54 Å². The van der Waals surface area contributed by atoms with Crippen LogP contribution in [0.2, 0.25) is 0 Å². The summed E-state index contributed by atoms with van der Waals surface area (Å²) in [7, 11) is 0. The Hall–Kier alpha value is -1.80. The number of carboxylic acid groups (broad SMARTS) is 1. The van der Waals surface area contributed by atoms with Crippen molar-refractivity contribution in [2.45, 2.75) is 32.0 Å². The Kier molecular flexibility index (Phi) is 6.14. The fraction of sp³-hybridized carbons (Fsp3) is 0.667. The largest absolute Gasteiger partial charge is 0.480 e. The van der Waals surface area contributed by atoms with Crippen molar-refractivity contribution in [1.29, 1.82) is 0 Å². The van der Waals surface area contributed by atoms with Gasteiger partial charge in [0.05, 0.1) is 0 Å². The zero-order valence-electron chi connectivity index (χ0n) is 9.50. The smallest absolute Gasteiger partial charge is 0.471 e. The van der Waals surface area contributed by atoms with Crippen molar-refractivity contribution in [3.63, 3.8) is 0 Å². The summed E-state index contributed by atoms with van der Waals surface area (Å²) in [6.45, 7) is 1.96. The first kappa shape index (κ1) is 16.2. The fourth-order valence-corrected chi connectivity index (χ4v) is 1.06. The van der Waals surface area contributed by atoms with Crippen molar-refractivity contribution in [3.8, 4) is 0 Å². The Bertz CT molecular complexity index is 330. The van der Waals surface area contributed by atoms with E-state index < -0.39 is 36.4 Å². The first-order chi connectivity index (χ1) is 8.18. The lowest BCUT2D eigenvalue weighted by atomic mass is 10.1. The number of hydrogen-bond acceptors (Lipinski definition) is 3. The Labute approximate surface area is 101 Å². The van der Waals surface area contributed by atoms with Gasteiger partial charge in [0.25, 0.3) is 0 Å². The summed E-state index contributed by atoms with van der Waals surface area (Å²) >= 11 is 0. The summed E-state index contributed by atoms with van der Waals surface area (Å²) in [5.74, 6) is -4.47. The maximum atomic E-state index is 11.9. The van der Waals surface area contributed by atoms with Gasteiger partial charge in [-0.3, -0.25) is 9.59 Å². The molecule has 0 aromatic rings. The van der Waals surface area contributed by atoms with Crippen LogP contribution in [0.4, 0.5) is 13.2 Å². The number of carbonyl (C=O) groups excluding carboxylic acids is 2. The monoisotopic (exact) mass is 270 g/mol. The zero-order chi connectivity index (χ0) is 14.3. The molecule has 9 heteroatoms. The minimum Gasteiger partial charge on any atom is -0.480 e. The lowest BCUT2D eigenvalue weighted by molar-refractivity contribution is -0.175. The van der Waals surface area contributed by atoms with Crippen LogP contribution in [0.25, 0.3) is 0 Å². The van der Waals surface area contributed by atoms with E-state index in [1.165, 1.54) is 5.32 Å². The number of nitrogens with one attached hydrogen (secondary N) is 2. The Morgan fingerprint density at radius 3 is 2.22 bits per heavy atom. The van der Waals surface area contributed by atoms with Crippen LogP contribution in [0, 0.1) is 0 Å². The number of aliphatic carboxylic acids is 1. The second-order valence-corrected chi connectivity index (χ2v) is 3.35. The predicted molar refractivity (Wildman–Crippen MR) is 53.5 cm³/mol. The Morgan fingerprint density at radius 1 is 1.28 bits per heavy atom. The first-order valence-electron chi connectivity index (χ1n) is 5.05. The van der Waals surface area contributed by atoms with Gasteiger partial charge >= 0.3 is 18.1 Å². The molecule has 0 aliphatic rings. The van der Waals surface area contributed by atoms with Gasteiger partial charge in [-0.05, 0) is 13.3 Å². The SMILES string of the molecule is CCNC(=O)CC[C@H](NC(=O)C(F)(F)F)C(=O)O. The molecule has 0 heterocycles. The molecule has 0 saturated carbocycles. The molecule has 2 amide bonds. The third-order valence-electron chi connectivity index (χ3n) is 1.89. The summed E-state index contributed by atoms with van der Waals surface area (Å²) < 4.78 is 35.7. The van der Waals surface area contributed by atoms with E-state index in [4.69, 9.17) is 5.11 Å². The Morgan fingerprint density at radius 2 is 1.83 bits per heavy atom. The molecule has 3 N–H and O–H groups in total. The molecule has 0 saturated heterocycles. The molecular weight excluding hydrogens is 257 g/mol. The Balaban J connectivity index is 4.38. The zero-order valence-corrected chi connectivity index (χ0v) is 9.50. The highest BCUT2D eigenvalue weighted by atomic mass is 19.4. The van der Waals surface area contributed by atoms with Gasteiger partial charge in [-0.2, -0.15) is 13.2 Å². The maximum absolute atomic E-state index is 11.9. The third kappa shape index (κ3) is 6.06. The van der Waals surface area contributed by atoms with Crippen LogP contribution in [0.15, 0.2) is 0 Å². The van der Waals surface area contributed by atoms with E-state index in [-0.39, 0.29) is 6.42 Å². The summed E-state index contributed by atoms with van der Waals surface area (Å²) in [6.07, 6.45) is -5.86. The molecule has 104 valence electrons. The number of carbonyl (C=O) groups is 3. The molecule has 0 aliphatic heterocycles. The molecule has 0 aromatic carbocycles. The predicted octanol–water partition coefficient (Wildman–Crippen LogP) is 0.0344. The molecule has 0 bridgehead atoms. The van der Waals surface area contributed by atoms with Crippen LogP contribution in [0.1, 0.15) is 19.8 Å². The first-order valence-corrected chi connectivity index (χ1v) is 5.05. The second kappa shape index (κ2) is 6.82. The number of hydrogen-bond donors (Lipinski definition) is 3. The molecule has 0 aliphatic carbocycles. The topological polar surface area (TPSA) is 95.5 Å². The molecule has 0 aromatic heterocycles. The highest BCUT2D eigenvalue weighted by Crippen LogP contribution is 2.15. The third-order valence-corrected chi connectivity index (χ3v) is 1.89. The van der Waals surface area contributed by atoms with Gasteiger partial charge in [0.2, 0.25) is 5.91 Å². The maximum Gasteiger partial charge on any atom is 0.471 e. The molecule has 0 radical (unpaired) electrons. The molecule has 0 fully saturated rings. The van der Waals surface area contributed by atoms with Crippen LogP contribution in [0.5, 0.6) is 0 Å². The lowest BCUT2D eigenvalue weighted by Crippen LogP contribution is -2.47. The summed E-state index contributed by atoms with van der Waals surface area (Å²) in [6, 6.07) is -1.75. The fourth-order valence-electron chi connectivity index (χ4n) is 1.06. The quantitative estimate of drug-likeness (QED) is 0.634. The summed E-state index contributed by atoms with van der Waals surface area (Å²) in [5, 5.41) is 12.3. The van der Waals surface area contributed by atoms with Crippen LogP contribution < -0.4 is 10.6 Å². The van der Waals surface area contributed by atoms with Gasteiger partial charge in [-0.1, -0.05) is 0 Å².